The second kappa shape index (κ2) is 10.1. The van der Waals surface area contributed by atoms with Crippen LogP contribution in [0.5, 0.6) is 28.7 Å². The molecule has 0 atom stereocenters. The van der Waals surface area contributed by atoms with Gasteiger partial charge in [0.1, 0.15) is 0 Å². The standard InChI is InChI=1S/C23H29NO6/c1-5-9-15-10-18-19(30-14-29-18)13-17(15)24-23(25)16-11-20(26-6-2)22(28-8-4)21(12-16)27-7-3/h10-13H,5-9,14H2,1-4H3,(H,24,25). The summed E-state index contributed by atoms with van der Waals surface area (Å²) < 4.78 is 28.1. The van der Waals surface area contributed by atoms with Crippen LogP contribution in [0.4, 0.5) is 5.69 Å². The fraction of sp³-hybridized carbons (Fsp3) is 0.435. The third-order valence-electron chi connectivity index (χ3n) is 4.54. The van der Waals surface area contributed by atoms with Crippen molar-refractivity contribution in [1.82, 2.24) is 0 Å². The molecule has 1 aliphatic rings. The van der Waals surface area contributed by atoms with Crippen molar-refractivity contribution in [3.05, 3.63) is 35.4 Å². The van der Waals surface area contributed by atoms with Crippen molar-refractivity contribution in [2.45, 2.75) is 40.5 Å². The predicted octanol–water partition coefficient (Wildman–Crippen LogP) is 4.82. The molecule has 0 saturated heterocycles. The van der Waals surface area contributed by atoms with Crippen molar-refractivity contribution >= 4 is 11.6 Å². The molecule has 2 aromatic rings. The van der Waals surface area contributed by atoms with Crippen molar-refractivity contribution < 1.29 is 28.5 Å². The molecular formula is C23H29NO6. The third-order valence-corrected chi connectivity index (χ3v) is 4.54. The minimum atomic E-state index is -0.267. The van der Waals surface area contributed by atoms with Crippen molar-refractivity contribution in [3.63, 3.8) is 0 Å². The van der Waals surface area contributed by atoms with Crippen LogP contribution in [0.25, 0.3) is 0 Å². The molecule has 2 aromatic carbocycles. The average molecular weight is 415 g/mol. The van der Waals surface area contributed by atoms with Gasteiger partial charge in [0.15, 0.2) is 23.0 Å². The third kappa shape index (κ3) is 4.72. The highest BCUT2D eigenvalue weighted by atomic mass is 16.7. The summed E-state index contributed by atoms with van der Waals surface area (Å²) in [5, 5.41) is 3.01. The summed E-state index contributed by atoms with van der Waals surface area (Å²) in [7, 11) is 0. The van der Waals surface area contributed by atoms with Crippen LogP contribution in [0.1, 0.15) is 50.0 Å². The van der Waals surface area contributed by atoms with Crippen LogP contribution < -0.4 is 29.0 Å². The Morgan fingerprint density at radius 3 is 2.07 bits per heavy atom. The summed E-state index contributed by atoms with van der Waals surface area (Å²) in [6.07, 6.45) is 1.75. The highest BCUT2D eigenvalue weighted by molar-refractivity contribution is 6.05. The van der Waals surface area contributed by atoms with E-state index in [1.165, 1.54) is 0 Å². The van der Waals surface area contributed by atoms with Gasteiger partial charge in [-0.05, 0) is 51.0 Å². The largest absolute Gasteiger partial charge is 0.490 e. The zero-order valence-electron chi connectivity index (χ0n) is 18.0. The maximum absolute atomic E-state index is 13.1. The second-order valence-electron chi connectivity index (χ2n) is 6.67. The molecule has 0 unspecified atom stereocenters. The molecule has 1 heterocycles. The van der Waals surface area contributed by atoms with Crippen LogP contribution in [0, 0.1) is 0 Å². The van der Waals surface area contributed by atoms with Gasteiger partial charge in [0.05, 0.1) is 19.8 Å². The first-order valence-corrected chi connectivity index (χ1v) is 10.4. The number of carbonyl (C=O) groups excluding carboxylic acids is 1. The number of ether oxygens (including phenoxy) is 5. The van der Waals surface area contributed by atoms with E-state index in [4.69, 9.17) is 23.7 Å². The van der Waals surface area contributed by atoms with Crippen LogP contribution >= 0.6 is 0 Å². The van der Waals surface area contributed by atoms with Gasteiger partial charge in [-0.2, -0.15) is 0 Å². The molecule has 162 valence electrons. The van der Waals surface area contributed by atoms with Gasteiger partial charge in [-0.3, -0.25) is 4.79 Å². The van der Waals surface area contributed by atoms with Crippen LogP contribution in [0.3, 0.4) is 0 Å². The van der Waals surface area contributed by atoms with Gasteiger partial charge in [-0.25, -0.2) is 0 Å². The summed E-state index contributed by atoms with van der Waals surface area (Å²) >= 11 is 0. The Bertz CT molecular complexity index is 868. The first-order chi connectivity index (χ1) is 14.6. The Hall–Kier alpha value is -3.09. The zero-order chi connectivity index (χ0) is 21.5. The summed E-state index contributed by atoms with van der Waals surface area (Å²) in [6, 6.07) is 7.10. The van der Waals surface area contributed by atoms with Gasteiger partial charge in [0.25, 0.3) is 5.91 Å². The van der Waals surface area contributed by atoms with Crippen molar-refractivity contribution in [2.75, 3.05) is 31.9 Å². The molecular weight excluding hydrogens is 386 g/mol. The first kappa shape index (κ1) is 21.6. The highest BCUT2D eigenvalue weighted by Gasteiger charge is 2.21. The molecule has 1 amide bonds. The highest BCUT2D eigenvalue weighted by Crippen LogP contribution is 2.40. The molecule has 3 rings (SSSR count). The monoisotopic (exact) mass is 415 g/mol. The van der Waals surface area contributed by atoms with E-state index in [2.05, 4.69) is 12.2 Å². The lowest BCUT2D eigenvalue weighted by molar-refractivity contribution is 0.102. The molecule has 7 nitrogen and oxygen atoms in total. The van der Waals surface area contributed by atoms with E-state index < -0.39 is 0 Å². The SMILES string of the molecule is CCCc1cc2c(cc1NC(=O)c1cc(OCC)c(OCC)c(OCC)c1)OCO2. The van der Waals surface area contributed by atoms with Gasteiger partial charge >= 0.3 is 0 Å². The fourth-order valence-corrected chi connectivity index (χ4v) is 3.29. The van der Waals surface area contributed by atoms with Gasteiger partial charge in [0, 0.05) is 17.3 Å². The predicted molar refractivity (Wildman–Crippen MR) is 114 cm³/mol. The topological polar surface area (TPSA) is 75.3 Å². The number of benzene rings is 2. The van der Waals surface area contributed by atoms with E-state index >= 15 is 0 Å². The van der Waals surface area contributed by atoms with Gasteiger partial charge in [-0.15, -0.1) is 0 Å². The van der Waals surface area contributed by atoms with Crippen molar-refractivity contribution in [2.24, 2.45) is 0 Å². The minimum Gasteiger partial charge on any atom is -0.490 e. The minimum absolute atomic E-state index is 0.187. The smallest absolute Gasteiger partial charge is 0.255 e. The maximum atomic E-state index is 13.1. The molecule has 0 aliphatic carbocycles. The Morgan fingerprint density at radius 1 is 0.900 bits per heavy atom. The normalized spacial score (nSPS) is 11.9. The van der Waals surface area contributed by atoms with Gasteiger partial charge in [0.2, 0.25) is 12.5 Å². The van der Waals surface area contributed by atoms with E-state index in [-0.39, 0.29) is 12.7 Å². The Balaban J connectivity index is 1.95. The van der Waals surface area contributed by atoms with Crippen LogP contribution in [0.15, 0.2) is 24.3 Å². The second-order valence-corrected chi connectivity index (χ2v) is 6.67. The molecule has 0 saturated carbocycles. The van der Waals surface area contributed by atoms with E-state index in [1.54, 1.807) is 12.1 Å². The lowest BCUT2D eigenvalue weighted by Crippen LogP contribution is -2.14. The quantitative estimate of drug-likeness (QED) is 0.600. The summed E-state index contributed by atoms with van der Waals surface area (Å²) in [5.74, 6) is 2.53. The molecule has 1 N–H and O–H groups in total. The number of hydrogen-bond donors (Lipinski definition) is 1. The number of rotatable bonds is 10. The molecule has 0 aromatic heterocycles. The maximum Gasteiger partial charge on any atom is 0.255 e. The van der Waals surface area contributed by atoms with E-state index in [9.17, 15) is 4.79 Å². The molecule has 7 heteroatoms. The van der Waals surface area contributed by atoms with E-state index in [0.717, 1.165) is 18.4 Å². The number of aryl methyl sites for hydroxylation is 1. The average Bonchev–Trinajstić information content (AvgIpc) is 3.18. The van der Waals surface area contributed by atoms with Crippen LogP contribution in [0.2, 0.25) is 0 Å². The number of amides is 1. The van der Waals surface area contributed by atoms with Crippen LogP contribution in [-0.4, -0.2) is 32.5 Å². The molecule has 30 heavy (non-hydrogen) atoms. The van der Waals surface area contributed by atoms with E-state index in [1.807, 2.05) is 32.9 Å². The number of nitrogens with one attached hydrogen (secondary N) is 1. The number of hydrogen-bond acceptors (Lipinski definition) is 6. The molecule has 1 aliphatic heterocycles. The summed E-state index contributed by atoms with van der Waals surface area (Å²) in [5.41, 5.74) is 2.12. The first-order valence-electron chi connectivity index (χ1n) is 10.4. The van der Waals surface area contributed by atoms with Crippen molar-refractivity contribution in [3.8, 4) is 28.7 Å². The molecule has 0 radical (unpaired) electrons. The summed E-state index contributed by atoms with van der Waals surface area (Å²) in [4.78, 5) is 13.1. The Labute approximate surface area is 177 Å². The lowest BCUT2D eigenvalue weighted by atomic mass is 10.1. The number of anilines is 1. The van der Waals surface area contributed by atoms with Gasteiger partial charge < -0.3 is 29.0 Å². The number of fused-ring (bicyclic) bond motifs is 1. The lowest BCUT2D eigenvalue weighted by Gasteiger charge is -2.17. The zero-order valence-corrected chi connectivity index (χ0v) is 18.0. The Kier molecular flexibility index (Phi) is 7.27. The van der Waals surface area contributed by atoms with E-state index in [0.29, 0.717) is 59.8 Å². The number of carbonyl (C=O) groups is 1. The molecule has 0 fully saturated rings. The summed E-state index contributed by atoms with van der Waals surface area (Å²) in [6.45, 7) is 9.28. The fourth-order valence-electron chi connectivity index (χ4n) is 3.29. The van der Waals surface area contributed by atoms with Crippen molar-refractivity contribution in [1.29, 1.82) is 0 Å². The Morgan fingerprint density at radius 2 is 1.50 bits per heavy atom. The van der Waals surface area contributed by atoms with Crippen LogP contribution in [-0.2, 0) is 6.42 Å². The molecule has 0 spiro atoms. The van der Waals surface area contributed by atoms with Gasteiger partial charge in [-0.1, -0.05) is 13.3 Å². The molecule has 0 bridgehead atoms.